The summed E-state index contributed by atoms with van der Waals surface area (Å²) in [5.74, 6) is 0.158. The van der Waals surface area contributed by atoms with E-state index in [0.29, 0.717) is 28.4 Å². The molecule has 2 amide bonds. The Balaban J connectivity index is 1.50. The van der Waals surface area contributed by atoms with E-state index in [9.17, 15) is 14.4 Å². The summed E-state index contributed by atoms with van der Waals surface area (Å²) in [6.07, 6.45) is -0.796. The first-order valence-corrected chi connectivity index (χ1v) is 9.22. The fraction of sp³-hybridized carbons (Fsp3) is 0.286. The molecule has 9 nitrogen and oxygen atoms in total. The third-order valence-electron chi connectivity index (χ3n) is 5.08. The number of anilines is 2. The van der Waals surface area contributed by atoms with E-state index in [1.165, 1.54) is 19.1 Å². The fourth-order valence-electron chi connectivity index (χ4n) is 3.56. The SMILES string of the molecule is COc1ccc2c(c1OC)C(=O)OC2CC(=O)Nc1ccc2c(c1)OCC(=O)N2C. The number of carbonyl (C=O) groups is 3. The van der Waals surface area contributed by atoms with Crippen LogP contribution in [0.25, 0.3) is 0 Å². The first-order chi connectivity index (χ1) is 14.4. The molecule has 2 heterocycles. The average Bonchev–Trinajstić information content (AvgIpc) is 3.05. The Kier molecular flexibility index (Phi) is 4.94. The maximum Gasteiger partial charge on any atom is 0.343 e. The molecular formula is C21H20N2O7. The van der Waals surface area contributed by atoms with Gasteiger partial charge in [-0.25, -0.2) is 4.79 Å². The normalized spacial score (nSPS) is 16.9. The second-order valence-corrected chi connectivity index (χ2v) is 6.84. The lowest BCUT2D eigenvalue weighted by atomic mass is 10.0. The maximum absolute atomic E-state index is 12.6. The van der Waals surface area contributed by atoms with Gasteiger partial charge in [-0.2, -0.15) is 0 Å². The van der Waals surface area contributed by atoms with Crippen LogP contribution in [0.2, 0.25) is 0 Å². The number of cyclic esters (lactones) is 1. The molecule has 0 radical (unpaired) electrons. The minimum absolute atomic E-state index is 0.0546. The number of fused-ring (bicyclic) bond motifs is 2. The summed E-state index contributed by atoms with van der Waals surface area (Å²) in [5, 5.41) is 2.77. The van der Waals surface area contributed by atoms with Crippen molar-refractivity contribution in [2.75, 3.05) is 38.1 Å². The van der Waals surface area contributed by atoms with E-state index in [1.54, 1.807) is 37.4 Å². The van der Waals surface area contributed by atoms with Crippen molar-refractivity contribution in [3.63, 3.8) is 0 Å². The van der Waals surface area contributed by atoms with E-state index in [4.69, 9.17) is 18.9 Å². The quantitative estimate of drug-likeness (QED) is 0.752. The van der Waals surface area contributed by atoms with Crippen molar-refractivity contribution in [1.29, 1.82) is 0 Å². The number of methoxy groups -OCH3 is 2. The Labute approximate surface area is 172 Å². The van der Waals surface area contributed by atoms with Crippen LogP contribution in [0.3, 0.4) is 0 Å². The minimum Gasteiger partial charge on any atom is -0.493 e. The topological polar surface area (TPSA) is 103 Å². The number of esters is 1. The molecule has 2 aromatic rings. The van der Waals surface area contributed by atoms with Gasteiger partial charge >= 0.3 is 5.97 Å². The molecule has 30 heavy (non-hydrogen) atoms. The van der Waals surface area contributed by atoms with Crippen LogP contribution in [-0.4, -0.2) is 45.7 Å². The Morgan fingerprint density at radius 1 is 1.20 bits per heavy atom. The lowest BCUT2D eigenvalue weighted by Gasteiger charge is -2.26. The van der Waals surface area contributed by atoms with Gasteiger partial charge in [0.1, 0.15) is 17.4 Å². The van der Waals surface area contributed by atoms with Crippen molar-refractivity contribution < 1.29 is 33.3 Å². The van der Waals surface area contributed by atoms with Crippen molar-refractivity contribution in [3.8, 4) is 17.2 Å². The number of nitrogens with zero attached hydrogens (tertiary/aromatic N) is 1. The summed E-state index contributed by atoms with van der Waals surface area (Å²) in [4.78, 5) is 38.1. The minimum atomic E-state index is -0.732. The lowest BCUT2D eigenvalue weighted by Crippen LogP contribution is -2.35. The molecule has 0 bridgehead atoms. The van der Waals surface area contributed by atoms with E-state index in [-0.39, 0.29) is 36.2 Å². The number of ether oxygens (including phenoxy) is 4. The van der Waals surface area contributed by atoms with Gasteiger partial charge in [0.05, 0.1) is 26.3 Å². The number of nitrogens with one attached hydrogen (secondary N) is 1. The first kappa shape index (κ1) is 19.6. The molecule has 2 aromatic carbocycles. The van der Waals surface area contributed by atoms with E-state index < -0.39 is 12.1 Å². The number of carbonyl (C=O) groups excluding carboxylic acids is 3. The molecule has 1 unspecified atom stereocenters. The number of hydrogen-bond donors (Lipinski definition) is 1. The molecule has 2 aliphatic heterocycles. The molecule has 1 atom stereocenters. The van der Waals surface area contributed by atoms with Gasteiger partial charge in [-0.15, -0.1) is 0 Å². The standard InChI is InChI=1S/C21H20N2O7/c1-23-13-6-4-11(8-16(13)29-10-18(23)25)22-17(24)9-15-12-5-7-14(27-2)20(28-3)19(12)21(26)30-15/h4-8,15H,9-10H2,1-3H3,(H,22,24). The average molecular weight is 412 g/mol. The third kappa shape index (κ3) is 3.28. The lowest BCUT2D eigenvalue weighted by molar-refractivity contribution is -0.121. The number of likely N-dealkylation sites (N-methyl/N-ethyl adjacent to an activating group) is 1. The van der Waals surface area contributed by atoms with Crippen LogP contribution in [-0.2, 0) is 14.3 Å². The van der Waals surface area contributed by atoms with Gasteiger partial charge < -0.3 is 29.2 Å². The van der Waals surface area contributed by atoms with Gasteiger partial charge in [-0.1, -0.05) is 6.07 Å². The molecule has 1 N–H and O–H groups in total. The molecule has 2 aliphatic rings. The van der Waals surface area contributed by atoms with E-state index in [1.807, 2.05) is 0 Å². The second-order valence-electron chi connectivity index (χ2n) is 6.84. The van der Waals surface area contributed by atoms with Gasteiger partial charge in [0, 0.05) is 24.4 Å². The van der Waals surface area contributed by atoms with Crippen LogP contribution in [0.15, 0.2) is 30.3 Å². The second kappa shape index (κ2) is 7.58. The predicted octanol–water partition coefficient (Wildman–Crippen LogP) is 2.30. The van der Waals surface area contributed by atoms with E-state index in [0.717, 1.165) is 0 Å². The molecule has 0 aliphatic carbocycles. The zero-order chi connectivity index (χ0) is 21.4. The molecule has 9 heteroatoms. The highest BCUT2D eigenvalue weighted by atomic mass is 16.6. The highest BCUT2D eigenvalue weighted by Crippen LogP contribution is 2.43. The van der Waals surface area contributed by atoms with Gasteiger partial charge in [0.25, 0.3) is 5.91 Å². The summed E-state index contributed by atoms with van der Waals surface area (Å²) in [6.45, 7) is -0.0546. The number of benzene rings is 2. The summed E-state index contributed by atoms with van der Waals surface area (Å²) >= 11 is 0. The highest BCUT2D eigenvalue weighted by Gasteiger charge is 2.37. The van der Waals surface area contributed by atoms with Gasteiger partial charge in [-0.3, -0.25) is 9.59 Å². The van der Waals surface area contributed by atoms with Crippen LogP contribution in [0.5, 0.6) is 17.2 Å². The Bertz CT molecular complexity index is 1050. The van der Waals surface area contributed by atoms with Crippen molar-refractivity contribution in [1.82, 2.24) is 0 Å². The van der Waals surface area contributed by atoms with Crippen molar-refractivity contribution >= 4 is 29.2 Å². The molecule has 0 aromatic heterocycles. The molecule has 4 rings (SSSR count). The first-order valence-electron chi connectivity index (χ1n) is 9.22. The Hall–Kier alpha value is -3.75. The maximum atomic E-state index is 12.6. The van der Waals surface area contributed by atoms with Crippen LogP contribution in [0, 0.1) is 0 Å². The predicted molar refractivity (Wildman–Crippen MR) is 106 cm³/mol. The Morgan fingerprint density at radius 2 is 2.00 bits per heavy atom. The van der Waals surface area contributed by atoms with Crippen LogP contribution >= 0.6 is 0 Å². The molecule has 156 valence electrons. The zero-order valence-electron chi connectivity index (χ0n) is 16.7. The van der Waals surface area contributed by atoms with Crippen LogP contribution < -0.4 is 24.4 Å². The molecule has 0 spiro atoms. The molecule has 0 saturated heterocycles. The van der Waals surface area contributed by atoms with Gasteiger partial charge in [-0.05, 0) is 18.2 Å². The van der Waals surface area contributed by atoms with E-state index in [2.05, 4.69) is 5.32 Å². The smallest absolute Gasteiger partial charge is 0.343 e. The summed E-state index contributed by atoms with van der Waals surface area (Å²) in [5.41, 5.74) is 1.98. The van der Waals surface area contributed by atoms with Crippen molar-refractivity contribution in [3.05, 3.63) is 41.5 Å². The highest BCUT2D eigenvalue weighted by molar-refractivity contribution is 6.00. The third-order valence-corrected chi connectivity index (χ3v) is 5.08. The van der Waals surface area contributed by atoms with Crippen molar-refractivity contribution in [2.45, 2.75) is 12.5 Å². The Morgan fingerprint density at radius 3 is 2.73 bits per heavy atom. The number of amides is 2. The number of rotatable bonds is 5. The van der Waals surface area contributed by atoms with Crippen LogP contribution in [0.1, 0.15) is 28.4 Å². The van der Waals surface area contributed by atoms with Gasteiger partial charge in [0.15, 0.2) is 18.1 Å². The summed E-state index contributed by atoms with van der Waals surface area (Å²) in [6, 6.07) is 8.39. The summed E-state index contributed by atoms with van der Waals surface area (Å²) in [7, 11) is 4.58. The fourth-order valence-corrected chi connectivity index (χ4v) is 3.56. The number of hydrogen-bond acceptors (Lipinski definition) is 7. The van der Waals surface area contributed by atoms with Crippen LogP contribution in [0.4, 0.5) is 11.4 Å². The largest absolute Gasteiger partial charge is 0.493 e. The van der Waals surface area contributed by atoms with E-state index >= 15 is 0 Å². The summed E-state index contributed by atoms with van der Waals surface area (Å²) < 4.78 is 21.3. The molecule has 0 fully saturated rings. The monoisotopic (exact) mass is 412 g/mol. The zero-order valence-corrected chi connectivity index (χ0v) is 16.7. The van der Waals surface area contributed by atoms with Crippen molar-refractivity contribution in [2.24, 2.45) is 0 Å². The molecular weight excluding hydrogens is 392 g/mol. The van der Waals surface area contributed by atoms with Gasteiger partial charge in [0.2, 0.25) is 5.91 Å². The molecule has 0 saturated carbocycles.